The lowest BCUT2D eigenvalue weighted by atomic mass is 10.4. The van der Waals surface area contributed by atoms with Gasteiger partial charge in [-0.2, -0.15) is 5.10 Å². The van der Waals surface area contributed by atoms with Gasteiger partial charge in [-0.05, 0) is 19.1 Å². The molecule has 1 N–H and O–H groups in total. The van der Waals surface area contributed by atoms with Crippen molar-refractivity contribution in [1.29, 1.82) is 0 Å². The zero-order chi connectivity index (χ0) is 9.80. The SMILES string of the molecule is CCNc1ccnn1-c1ccncc1. The predicted octanol–water partition coefficient (Wildman–Crippen LogP) is 1.70. The quantitative estimate of drug-likeness (QED) is 0.797. The molecule has 0 saturated carbocycles. The number of pyridine rings is 1. The molecule has 0 saturated heterocycles. The average Bonchev–Trinajstić information content (AvgIpc) is 2.68. The van der Waals surface area contributed by atoms with Crippen LogP contribution in [0.25, 0.3) is 5.69 Å². The largest absolute Gasteiger partial charge is 0.370 e. The highest BCUT2D eigenvalue weighted by atomic mass is 15.3. The van der Waals surface area contributed by atoms with E-state index < -0.39 is 0 Å². The van der Waals surface area contributed by atoms with Crippen molar-refractivity contribution in [2.45, 2.75) is 6.92 Å². The molecule has 0 unspecified atom stereocenters. The number of hydrogen-bond donors (Lipinski definition) is 1. The molecular weight excluding hydrogens is 176 g/mol. The van der Waals surface area contributed by atoms with Crippen molar-refractivity contribution in [3.8, 4) is 5.69 Å². The van der Waals surface area contributed by atoms with Gasteiger partial charge >= 0.3 is 0 Å². The van der Waals surface area contributed by atoms with Crippen LogP contribution in [-0.2, 0) is 0 Å². The van der Waals surface area contributed by atoms with Crippen LogP contribution in [0.1, 0.15) is 6.92 Å². The molecule has 2 heterocycles. The van der Waals surface area contributed by atoms with Crippen molar-refractivity contribution in [1.82, 2.24) is 14.8 Å². The fourth-order valence-electron chi connectivity index (χ4n) is 1.31. The molecular formula is C10H12N4. The standard InChI is InChI=1S/C10H12N4/c1-2-12-10-5-8-13-14(10)9-3-6-11-7-4-9/h3-8,12H,2H2,1H3. The lowest BCUT2D eigenvalue weighted by Crippen LogP contribution is -2.05. The number of nitrogens with one attached hydrogen (secondary N) is 1. The van der Waals surface area contributed by atoms with Gasteiger partial charge in [0, 0.05) is 25.0 Å². The summed E-state index contributed by atoms with van der Waals surface area (Å²) < 4.78 is 1.85. The summed E-state index contributed by atoms with van der Waals surface area (Å²) in [5.41, 5.74) is 1.01. The van der Waals surface area contributed by atoms with E-state index in [0.29, 0.717) is 0 Å². The molecule has 0 atom stereocenters. The molecule has 4 heteroatoms. The summed E-state index contributed by atoms with van der Waals surface area (Å²) in [6.07, 6.45) is 5.29. The van der Waals surface area contributed by atoms with Gasteiger partial charge in [0.2, 0.25) is 0 Å². The Bertz CT molecular complexity index is 394. The van der Waals surface area contributed by atoms with Crippen LogP contribution in [-0.4, -0.2) is 21.3 Å². The van der Waals surface area contributed by atoms with E-state index in [9.17, 15) is 0 Å². The third-order valence-corrected chi connectivity index (χ3v) is 1.91. The maximum atomic E-state index is 4.23. The first-order chi connectivity index (χ1) is 6.92. The molecule has 0 aliphatic rings. The second-order valence-corrected chi connectivity index (χ2v) is 2.86. The van der Waals surface area contributed by atoms with E-state index in [1.807, 2.05) is 22.9 Å². The number of rotatable bonds is 3. The number of aromatic nitrogens is 3. The Balaban J connectivity index is 2.37. The van der Waals surface area contributed by atoms with Crippen LogP contribution in [0.4, 0.5) is 5.82 Å². The first kappa shape index (κ1) is 8.74. The first-order valence-electron chi connectivity index (χ1n) is 4.60. The molecule has 0 aliphatic carbocycles. The molecule has 2 rings (SSSR count). The Kier molecular flexibility index (Phi) is 2.44. The second-order valence-electron chi connectivity index (χ2n) is 2.86. The van der Waals surface area contributed by atoms with Crippen LogP contribution >= 0.6 is 0 Å². The van der Waals surface area contributed by atoms with Crippen LogP contribution in [0.5, 0.6) is 0 Å². The number of anilines is 1. The van der Waals surface area contributed by atoms with Crippen molar-refractivity contribution < 1.29 is 0 Å². The molecule has 0 spiro atoms. The zero-order valence-corrected chi connectivity index (χ0v) is 8.01. The third-order valence-electron chi connectivity index (χ3n) is 1.91. The summed E-state index contributed by atoms with van der Waals surface area (Å²) in [6, 6.07) is 5.80. The summed E-state index contributed by atoms with van der Waals surface area (Å²) in [7, 11) is 0. The van der Waals surface area contributed by atoms with E-state index in [1.165, 1.54) is 0 Å². The lowest BCUT2D eigenvalue weighted by Gasteiger charge is -2.07. The summed E-state index contributed by atoms with van der Waals surface area (Å²) in [5, 5.41) is 7.47. The number of hydrogen-bond acceptors (Lipinski definition) is 3. The molecule has 14 heavy (non-hydrogen) atoms. The molecule has 2 aromatic heterocycles. The summed E-state index contributed by atoms with van der Waals surface area (Å²) in [4.78, 5) is 3.97. The van der Waals surface area contributed by atoms with Gasteiger partial charge in [0.1, 0.15) is 5.82 Å². The normalized spacial score (nSPS) is 10.1. The molecule has 0 bridgehead atoms. The molecule has 0 amide bonds. The minimum atomic E-state index is 0.886. The van der Waals surface area contributed by atoms with Crippen molar-refractivity contribution in [3.63, 3.8) is 0 Å². The van der Waals surface area contributed by atoms with Crippen LogP contribution in [0.2, 0.25) is 0 Å². The van der Waals surface area contributed by atoms with Gasteiger partial charge < -0.3 is 5.32 Å². The van der Waals surface area contributed by atoms with E-state index in [0.717, 1.165) is 18.1 Å². The van der Waals surface area contributed by atoms with Gasteiger partial charge in [-0.25, -0.2) is 4.68 Å². The van der Waals surface area contributed by atoms with E-state index in [4.69, 9.17) is 0 Å². The predicted molar refractivity (Wildman–Crippen MR) is 55.5 cm³/mol. The maximum absolute atomic E-state index is 4.23. The van der Waals surface area contributed by atoms with E-state index in [2.05, 4.69) is 22.3 Å². The lowest BCUT2D eigenvalue weighted by molar-refractivity contribution is 0.876. The van der Waals surface area contributed by atoms with Crippen LogP contribution < -0.4 is 5.32 Å². The van der Waals surface area contributed by atoms with Crippen LogP contribution in [0.3, 0.4) is 0 Å². The fraction of sp³-hybridized carbons (Fsp3) is 0.200. The van der Waals surface area contributed by atoms with Gasteiger partial charge in [0.25, 0.3) is 0 Å². The Morgan fingerprint density at radius 2 is 2.00 bits per heavy atom. The van der Waals surface area contributed by atoms with Gasteiger partial charge in [0.15, 0.2) is 0 Å². The Morgan fingerprint density at radius 1 is 1.21 bits per heavy atom. The highest BCUT2D eigenvalue weighted by Crippen LogP contribution is 2.12. The molecule has 0 radical (unpaired) electrons. The molecule has 0 fully saturated rings. The first-order valence-corrected chi connectivity index (χ1v) is 4.60. The van der Waals surface area contributed by atoms with E-state index in [-0.39, 0.29) is 0 Å². The van der Waals surface area contributed by atoms with Crippen LogP contribution in [0, 0.1) is 0 Å². The Morgan fingerprint density at radius 3 is 2.71 bits per heavy atom. The highest BCUT2D eigenvalue weighted by Gasteiger charge is 2.01. The summed E-state index contributed by atoms with van der Waals surface area (Å²) >= 11 is 0. The van der Waals surface area contributed by atoms with E-state index >= 15 is 0 Å². The second kappa shape index (κ2) is 3.91. The molecule has 0 aromatic carbocycles. The monoisotopic (exact) mass is 188 g/mol. The maximum Gasteiger partial charge on any atom is 0.129 e. The molecule has 72 valence electrons. The highest BCUT2D eigenvalue weighted by molar-refractivity contribution is 5.43. The van der Waals surface area contributed by atoms with Gasteiger partial charge in [0.05, 0.1) is 11.9 Å². The van der Waals surface area contributed by atoms with Gasteiger partial charge in [-0.3, -0.25) is 4.98 Å². The van der Waals surface area contributed by atoms with Crippen LogP contribution in [0.15, 0.2) is 36.8 Å². The van der Waals surface area contributed by atoms with Crippen molar-refractivity contribution in [3.05, 3.63) is 36.8 Å². The van der Waals surface area contributed by atoms with Gasteiger partial charge in [-0.1, -0.05) is 0 Å². The molecule has 2 aromatic rings. The van der Waals surface area contributed by atoms with Gasteiger partial charge in [-0.15, -0.1) is 0 Å². The van der Waals surface area contributed by atoms with Crippen molar-refractivity contribution >= 4 is 5.82 Å². The average molecular weight is 188 g/mol. The summed E-state index contributed by atoms with van der Waals surface area (Å²) in [6.45, 7) is 2.95. The minimum Gasteiger partial charge on any atom is -0.370 e. The zero-order valence-electron chi connectivity index (χ0n) is 8.01. The Labute approximate surface area is 82.6 Å². The van der Waals surface area contributed by atoms with Crippen molar-refractivity contribution in [2.24, 2.45) is 0 Å². The van der Waals surface area contributed by atoms with Crippen molar-refractivity contribution in [2.75, 3.05) is 11.9 Å². The smallest absolute Gasteiger partial charge is 0.129 e. The molecule has 0 aliphatic heterocycles. The fourth-order valence-corrected chi connectivity index (χ4v) is 1.31. The molecule has 4 nitrogen and oxygen atoms in total. The Hall–Kier alpha value is -1.84. The number of nitrogens with zero attached hydrogens (tertiary/aromatic N) is 3. The third kappa shape index (κ3) is 1.59. The summed E-state index contributed by atoms with van der Waals surface area (Å²) in [5.74, 6) is 0.999. The minimum absolute atomic E-state index is 0.886. The van der Waals surface area contributed by atoms with E-state index in [1.54, 1.807) is 18.6 Å². The topological polar surface area (TPSA) is 42.7 Å².